The number of nitrogen functional groups attached to an aromatic ring is 1. The summed E-state index contributed by atoms with van der Waals surface area (Å²) in [7, 11) is 1.75. The molecule has 6 heteroatoms. The van der Waals surface area contributed by atoms with Gasteiger partial charge in [-0.05, 0) is 40.9 Å². The number of nitrogens with zero attached hydrogens (tertiary/aromatic N) is 1. The van der Waals surface area contributed by atoms with E-state index >= 15 is 0 Å². The smallest absolute Gasteiger partial charge is 0.255 e. The minimum Gasteiger partial charge on any atom is -0.396 e. The summed E-state index contributed by atoms with van der Waals surface area (Å²) >= 11 is 3.21. The Labute approximate surface area is 119 Å². The van der Waals surface area contributed by atoms with E-state index < -0.39 is 5.82 Å². The van der Waals surface area contributed by atoms with E-state index in [0.717, 1.165) is 12.8 Å². The number of halogens is 2. The average molecular weight is 331 g/mol. The minimum atomic E-state index is -0.530. The molecule has 0 spiro atoms. The summed E-state index contributed by atoms with van der Waals surface area (Å²) in [5.41, 5.74) is 5.88. The van der Waals surface area contributed by atoms with Crippen LogP contribution in [0.25, 0.3) is 0 Å². The number of hydrogen-bond donors (Lipinski definition) is 1. The lowest BCUT2D eigenvalue weighted by molar-refractivity contribution is 0.0361. The first-order valence-electron chi connectivity index (χ1n) is 6.10. The van der Waals surface area contributed by atoms with Crippen LogP contribution in [0.3, 0.4) is 0 Å². The first kappa shape index (κ1) is 14.3. The van der Waals surface area contributed by atoms with Gasteiger partial charge in [-0.1, -0.05) is 0 Å². The molecule has 0 unspecified atom stereocenters. The van der Waals surface area contributed by atoms with Crippen LogP contribution < -0.4 is 5.73 Å². The molecular weight excluding hydrogens is 315 g/mol. The molecule has 1 amide bonds. The van der Waals surface area contributed by atoms with E-state index in [1.165, 1.54) is 12.1 Å². The maximum atomic E-state index is 13.3. The molecular formula is C13H16BrFN2O2. The standard InChI is InChI=1S/C13H16BrFN2O2/c1-17(8-2-4-19-5-3-8)13(18)9-6-12(16)11(15)7-10(9)14/h6-8H,2-5,16H2,1H3. The zero-order chi connectivity index (χ0) is 14.0. The van der Waals surface area contributed by atoms with Crippen molar-refractivity contribution in [1.82, 2.24) is 4.90 Å². The minimum absolute atomic E-state index is 0.0214. The largest absolute Gasteiger partial charge is 0.396 e. The number of nitrogens with two attached hydrogens (primary N) is 1. The summed E-state index contributed by atoms with van der Waals surface area (Å²) in [4.78, 5) is 14.1. The van der Waals surface area contributed by atoms with Crippen molar-refractivity contribution in [2.45, 2.75) is 18.9 Å². The van der Waals surface area contributed by atoms with Gasteiger partial charge in [-0.3, -0.25) is 4.79 Å². The van der Waals surface area contributed by atoms with Crippen LogP contribution in [0.1, 0.15) is 23.2 Å². The van der Waals surface area contributed by atoms with E-state index in [1.807, 2.05) is 0 Å². The first-order chi connectivity index (χ1) is 9.00. The normalized spacial score (nSPS) is 16.4. The fraction of sp³-hybridized carbons (Fsp3) is 0.462. The van der Waals surface area contributed by atoms with Gasteiger partial charge in [0.25, 0.3) is 5.91 Å². The van der Waals surface area contributed by atoms with E-state index in [1.54, 1.807) is 11.9 Å². The fourth-order valence-corrected chi connectivity index (χ4v) is 2.64. The summed E-state index contributed by atoms with van der Waals surface area (Å²) in [6.07, 6.45) is 1.63. The molecule has 2 N–H and O–H groups in total. The molecule has 0 atom stereocenters. The Kier molecular flexibility index (Phi) is 4.42. The summed E-state index contributed by atoms with van der Waals surface area (Å²) in [5, 5.41) is 0. The molecule has 1 saturated heterocycles. The SMILES string of the molecule is CN(C(=O)c1cc(N)c(F)cc1Br)C1CCOCC1. The molecule has 1 aliphatic heterocycles. The van der Waals surface area contributed by atoms with E-state index in [4.69, 9.17) is 10.5 Å². The Morgan fingerprint density at radius 3 is 2.74 bits per heavy atom. The predicted molar refractivity (Wildman–Crippen MR) is 74.4 cm³/mol. The van der Waals surface area contributed by atoms with Crippen molar-refractivity contribution in [3.05, 3.63) is 28.0 Å². The zero-order valence-corrected chi connectivity index (χ0v) is 12.2. The van der Waals surface area contributed by atoms with Crippen LogP contribution in [0.15, 0.2) is 16.6 Å². The second kappa shape index (κ2) is 5.88. The number of carbonyl (C=O) groups is 1. The molecule has 19 heavy (non-hydrogen) atoms. The average Bonchev–Trinajstić information content (AvgIpc) is 2.42. The van der Waals surface area contributed by atoms with Crippen molar-refractivity contribution in [2.75, 3.05) is 26.0 Å². The number of hydrogen-bond acceptors (Lipinski definition) is 3. The molecule has 1 aromatic carbocycles. The number of amides is 1. The lowest BCUT2D eigenvalue weighted by Crippen LogP contribution is -2.40. The second-order valence-electron chi connectivity index (χ2n) is 4.61. The van der Waals surface area contributed by atoms with E-state index in [2.05, 4.69) is 15.9 Å². The number of rotatable bonds is 2. The van der Waals surface area contributed by atoms with Gasteiger partial charge >= 0.3 is 0 Å². The van der Waals surface area contributed by atoms with Crippen molar-refractivity contribution < 1.29 is 13.9 Å². The molecule has 1 heterocycles. The van der Waals surface area contributed by atoms with Crippen LogP contribution in [0, 0.1) is 5.82 Å². The molecule has 0 saturated carbocycles. The van der Waals surface area contributed by atoms with Gasteiger partial charge in [0.1, 0.15) is 5.82 Å². The lowest BCUT2D eigenvalue weighted by Gasteiger charge is -2.31. The molecule has 1 aromatic rings. The predicted octanol–water partition coefficient (Wildman–Crippen LogP) is 2.42. The van der Waals surface area contributed by atoms with Crippen LogP contribution >= 0.6 is 15.9 Å². The summed E-state index contributed by atoms with van der Waals surface area (Å²) in [5.74, 6) is -0.692. The lowest BCUT2D eigenvalue weighted by atomic mass is 10.1. The molecule has 1 aliphatic rings. The summed E-state index contributed by atoms with van der Waals surface area (Å²) in [6, 6.07) is 2.75. The third kappa shape index (κ3) is 3.06. The van der Waals surface area contributed by atoms with Gasteiger partial charge < -0.3 is 15.4 Å². The van der Waals surface area contributed by atoms with Crippen LogP contribution in [0.2, 0.25) is 0 Å². The Hall–Kier alpha value is -1.14. The van der Waals surface area contributed by atoms with Crippen molar-refractivity contribution in [2.24, 2.45) is 0 Å². The summed E-state index contributed by atoms with van der Waals surface area (Å²) < 4.78 is 19.0. The maximum absolute atomic E-state index is 13.3. The number of ether oxygens (including phenoxy) is 1. The Bertz CT molecular complexity index is 490. The maximum Gasteiger partial charge on any atom is 0.255 e. The van der Waals surface area contributed by atoms with Crippen LogP contribution in [-0.2, 0) is 4.74 Å². The zero-order valence-electron chi connectivity index (χ0n) is 10.7. The van der Waals surface area contributed by atoms with E-state index in [-0.39, 0.29) is 17.6 Å². The topological polar surface area (TPSA) is 55.6 Å². The highest BCUT2D eigenvalue weighted by atomic mass is 79.9. The molecule has 0 aromatic heterocycles. The van der Waals surface area contributed by atoms with Gasteiger partial charge in [-0.15, -0.1) is 0 Å². The van der Waals surface area contributed by atoms with Gasteiger partial charge in [0.2, 0.25) is 0 Å². The van der Waals surface area contributed by atoms with Gasteiger partial charge in [-0.2, -0.15) is 0 Å². The fourth-order valence-electron chi connectivity index (χ4n) is 2.16. The molecule has 4 nitrogen and oxygen atoms in total. The Morgan fingerprint density at radius 1 is 1.47 bits per heavy atom. The van der Waals surface area contributed by atoms with Crippen LogP contribution in [0.5, 0.6) is 0 Å². The molecule has 1 fully saturated rings. The molecule has 0 bridgehead atoms. The van der Waals surface area contributed by atoms with Gasteiger partial charge in [0.15, 0.2) is 0 Å². The highest BCUT2D eigenvalue weighted by Crippen LogP contribution is 2.25. The molecule has 104 valence electrons. The van der Waals surface area contributed by atoms with E-state index in [9.17, 15) is 9.18 Å². The third-order valence-corrected chi connectivity index (χ3v) is 4.03. The van der Waals surface area contributed by atoms with Crippen LogP contribution in [-0.4, -0.2) is 37.1 Å². The van der Waals surface area contributed by atoms with Crippen molar-refractivity contribution in [3.8, 4) is 0 Å². The summed E-state index contributed by atoms with van der Waals surface area (Å²) in [6.45, 7) is 1.32. The van der Waals surface area contributed by atoms with Crippen molar-refractivity contribution >= 4 is 27.5 Å². The van der Waals surface area contributed by atoms with E-state index in [0.29, 0.717) is 23.2 Å². The molecule has 0 aliphatic carbocycles. The highest BCUT2D eigenvalue weighted by molar-refractivity contribution is 9.10. The van der Waals surface area contributed by atoms with Crippen LogP contribution in [0.4, 0.5) is 10.1 Å². The molecule has 2 rings (SSSR count). The highest BCUT2D eigenvalue weighted by Gasteiger charge is 2.25. The Balaban J connectivity index is 2.21. The third-order valence-electron chi connectivity index (χ3n) is 3.38. The monoisotopic (exact) mass is 330 g/mol. The first-order valence-corrected chi connectivity index (χ1v) is 6.89. The van der Waals surface area contributed by atoms with Gasteiger partial charge in [-0.25, -0.2) is 4.39 Å². The van der Waals surface area contributed by atoms with Gasteiger partial charge in [0.05, 0.1) is 11.3 Å². The van der Waals surface area contributed by atoms with Crippen molar-refractivity contribution in [3.63, 3.8) is 0 Å². The molecule has 0 radical (unpaired) electrons. The Morgan fingerprint density at radius 2 is 2.11 bits per heavy atom. The van der Waals surface area contributed by atoms with Crippen molar-refractivity contribution in [1.29, 1.82) is 0 Å². The number of anilines is 1. The van der Waals surface area contributed by atoms with Gasteiger partial charge in [0, 0.05) is 30.8 Å². The number of benzene rings is 1. The second-order valence-corrected chi connectivity index (χ2v) is 5.47. The quantitative estimate of drug-likeness (QED) is 0.847. The number of carbonyl (C=O) groups excluding carboxylic acids is 1.